The maximum Gasteiger partial charge on any atom is 0.266 e. The second kappa shape index (κ2) is 10.6. The van der Waals surface area contributed by atoms with E-state index in [0.29, 0.717) is 29.4 Å². The van der Waals surface area contributed by atoms with Gasteiger partial charge in [0.25, 0.3) is 15.9 Å². The van der Waals surface area contributed by atoms with Crippen molar-refractivity contribution in [3.05, 3.63) is 65.2 Å². The lowest BCUT2D eigenvalue weighted by molar-refractivity contribution is -0.112. The normalized spacial score (nSPS) is 11.4. The zero-order chi connectivity index (χ0) is 23.8. The van der Waals surface area contributed by atoms with Gasteiger partial charge in [0.2, 0.25) is 0 Å². The molecule has 1 heterocycles. The molecule has 0 bridgehead atoms. The van der Waals surface area contributed by atoms with Gasteiger partial charge in [-0.2, -0.15) is 5.26 Å². The monoisotopic (exact) mass is 484 g/mol. The molecule has 9 nitrogen and oxygen atoms in total. The van der Waals surface area contributed by atoms with E-state index in [-0.39, 0.29) is 15.6 Å². The molecule has 1 amide bonds. The number of carbonyl (C=O) groups is 1. The molecule has 3 aromatic rings. The zero-order valence-electron chi connectivity index (χ0n) is 17.7. The molecule has 0 aliphatic heterocycles. The van der Waals surface area contributed by atoms with Crippen molar-refractivity contribution in [3.63, 3.8) is 0 Å². The number of methoxy groups -OCH3 is 1. The number of nitrogens with one attached hydrogen (secondary N) is 2. The van der Waals surface area contributed by atoms with Crippen molar-refractivity contribution >= 4 is 44.2 Å². The second-order valence-corrected chi connectivity index (χ2v) is 9.01. The number of nitriles is 1. The molecule has 170 valence electrons. The van der Waals surface area contributed by atoms with Crippen LogP contribution in [0.3, 0.4) is 0 Å². The number of hydrogen-bond donors (Lipinski definition) is 2. The molecule has 0 unspecified atom stereocenters. The summed E-state index contributed by atoms with van der Waals surface area (Å²) in [5.41, 5.74) is 0.777. The molecule has 2 aromatic carbocycles. The first-order valence-corrected chi connectivity index (χ1v) is 12.0. The summed E-state index contributed by atoms with van der Waals surface area (Å²) in [4.78, 5) is 16.5. The number of carbonyl (C=O) groups excluding carboxylic acids is 1. The first-order chi connectivity index (χ1) is 15.9. The van der Waals surface area contributed by atoms with Crippen LogP contribution < -0.4 is 19.5 Å². The summed E-state index contributed by atoms with van der Waals surface area (Å²) < 4.78 is 37.9. The van der Waals surface area contributed by atoms with Gasteiger partial charge in [-0.3, -0.25) is 9.52 Å². The van der Waals surface area contributed by atoms with Crippen LogP contribution in [0, 0.1) is 11.3 Å². The molecular formula is C22H20N4O5S2. The Morgan fingerprint density at radius 3 is 2.58 bits per heavy atom. The molecule has 3 rings (SSSR count). The fourth-order valence-corrected chi connectivity index (χ4v) is 4.52. The minimum absolute atomic E-state index is 0.00762. The van der Waals surface area contributed by atoms with E-state index in [1.807, 2.05) is 13.0 Å². The van der Waals surface area contributed by atoms with Crippen molar-refractivity contribution in [3.8, 4) is 17.6 Å². The minimum atomic E-state index is -3.81. The third kappa shape index (κ3) is 6.09. The highest BCUT2D eigenvalue weighted by molar-refractivity contribution is 7.93. The number of thiazole rings is 1. The number of hydrogen-bond acceptors (Lipinski definition) is 8. The molecule has 11 heteroatoms. The Balaban J connectivity index is 1.74. The van der Waals surface area contributed by atoms with Gasteiger partial charge in [0, 0.05) is 17.3 Å². The number of benzene rings is 2. The molecule has 0 radical (unpaired) electrons. The average Bonchev–Trinajstić information content (AvgIpc) is 3.31. The Bertz CT molecular complexity index is 1300. The van der Waals surface area contributed by atoms with Crippen LogP contribution in [0.15, 0.2) is 64.5 Å². The van der Waals surface area contributed by atoms with Gasteiger partial charge >= 0.3 is 0 Å². The van der Waals surface area contributed by atoms with E-state index in [9.17, 15) is 18.5 Å². The molecule has 0 saturated heterocycles. The molecular weight excluding hydrogens is 464 g/mol. The van der Waals surface area contributed by atoms with Gasteiger partial charge in [-0.15, -0.1) is 11.3 Å². The summed E-state index contributed by atoms with van der Waals surface area (Å²) in [6.07, 6.45) is 2.91. The van der Waals surface area contributed by atoms with Crippen LogP contribution in [0.1, 0.15) is 12.5 Å². The number of anilines is 2. The Morgan fingerprint density at radius 2 is 1.97 bits per heavy atom. The summed E-state index contributed by atoms with van der Waals surface area (Å²) in [5.74, 6) is 0.396. The summed E-state index contributed by atoms with van der Waals surface area (Å²) in [7, 11) is -2.31. The highest BCUT2D eigenvalue weighted by atomic mass is 32.2. The number of sulfonamides is 1. The highest BCUT2D eigenvalue weighted by Crippen LogP contribution is 2.29. The van der Waals surface area contributed by atoms with Crippen molar-refractivity contribution in [1.29, 1.82) is 5.26 Å². The van der Waals surface area contributed by atoms with Crippen LogP contribution in [-0.2, 0) is 14.8 Å². The van der Waals surface area contributed by atoms with E-state index in [0.717, 1.165) is 11.3 Å². The Morgan fingerprint density at radius 1 is 1.21 bits per heavy atom. The fourth-order valence-electron chi connectivity index (χ4n) is 2.73. The van der Waals surface area contributed by atoms with Crippen molar-refractivity contribution in [2.45, 2.75) is 11.8 Å². The molecule has 0 spiro atoms. The maximum absolute atomic E-state index is 12.6. The largest absolute Gasteiger partial charge is 0.493 e. The predicted octanol–water partition coefficient (Wildman–Crippen LogP) is 3.90. The van der Waals surface area contributed by atoms with Gasteiger partial charge in [-0.25, -0.2) is 13.4 Å². The van der Waals surface area contributed by atoms with Crippen LogP contribution in [0.5, 0.6) is 11.5 Å². The molecule has 0 aliphatic rings. The summed E-state index contributed by atoms with van der Waals surface area (Å²) in [5, 5.41) is 13.9. The topological polar surface area (TPSA) is 130 Å². The van der Waals surface area contributed by atoms with Crippen LogP contribution >= 0.6 is 11.3 Å². The van der Waals surface area contributed by atoms with Crippen LogP contribution in [0.25, 0.3) is 6.08 Å². The first-order valence-electron chi connectivity index (χ1n) is 9.62. The Hall–Kier alpha value is -3.88. The third-order valence-electron chi connectivity index (χ3n) is 4.24. The maximum atomic E-state index is 12.6. The van der Waals surface area contributed by atoms with Crippen LogP contribution in [-0.4, -0.2) is 33.0 Å². The standard InChI is InChI=1S/C22H20N4O5S2/c1-3-31-19-9-4-15(13-20(19)30-2)12-16(14-23)21(27)25-17-5-7-18(8-6-17)33(28,29)26-22-24-10-11-32-22/h4-13H,3H2,1-2H3,(H,24,26)(H,25,27)/b16-12+. The van der Waals surface area contributed by atoms with Gasteiger partial charge in [0.15, 0.2) is 16.6 Å². The van der Waals surface area contributed by atoms with Gasteiger partial charge in [0.1, 0.15) is 11.6 Å². The van der Waals surface area contributed by atoms with E-state index in [1.165, 1.54) is 43.6 Å². The lowest BCUT2D eigenvalue weighted by Crippen LogP contribution is -2.15. The van der Waals surface area contributed by atoms with Crippen molar-refractivity contribution < 1.29 is 22.7 Å². The summed E-state index contributed by atoms with van der Waals surface area (Å²) in [6, 6.07) is 12.5. The number of aromatic nitrogens is 1. The quantitative estimate of drug-likeness (QED) is 0.348. The zero-order valence-corrected chi connectivity index (χ0v) is 19.4. The predicted molar refractivity (Wildman–Crippen MR) is 126 cm³/mol. The van der Waals surface area contributed by atoms with E-state index in [1.54, 1.807) is 23.6 Å². The third-order valence-corrected chi connectivity index (χ3v) is 6.41. The van der Waals surface area contributed by atoms with E-state index >= 15 is 0 Å². The molecule has 0 fully saturated rings. The Labute approximate surface area is 195 Å². The molecule has 0 aliphatic carbocycles. The first kappa shape index (κ1) is 23.8. The summed E-state index contributed by atoms with van der Waals surface area (Å²) >= 11 is 1.16. The second-order valence-electron chi connectivity index (χ2n) is 6.43. The number of nitrogens with zero attached hydrogens (tertiary/aromatic N) is 2. The molecule has 2 N–H and O–H groups in total. The van der Waals surface area contributed by atoms with Gasteiger partial charge in [-0.05, 0) is 55.0 Å². The molecule has 0 atom stereocenters. The SMILES string of the molecule is CCOc1ccc(/C=C(\C#N)C(=O)Nc2ccc(S(=O)(=O)Nc3nccs3)cc2)cc1OC. The lowest BCUT2D eigenvalue weighted by atomic mass is 10.1. The van der Waals surface area contributed by atoms with Gasteiger partial charge in [0.05, 0.1) is 18.6 Å². The molecule has 33 heavy (non-hydrogen) atoms. The Kier molecular flexibility index (Phi) is 7.66. The fraction of sp³-hybridized carbons (Fsp3) is 0.136. The number of ether oxygens (including phenoxy) is 2. The van der Waals surface area contributed by atoms with E-state index in [2.05, 4.69) is 15.0 Å². The minimum Gasteiger partial charge on any atom is -0.493 e. The van der Waals surface area contributed by atoms with Gasteiger partial charge < -0.3 is 14.8 Å². The molecule has 1 aromatic heterocycles. The summed E-state index contributed by atoms with van der Waals surface area (Å²) in [6.45, 7) is 2.32. The van der Waals surface area contributed by atoms with Crippen molar-refractivity contribution in [2.24, 2.45) is 0 Å². The van der Waals surface area contributed by atoms with E-state index in [4.69, 9.17) is 9.47 Å². The van der Waals surface area contributed by atoms with Crippen molar-refractivity contribution in [1.82, 2.24) is 4.98 Å². The lowest BCUT2D eigenvalue weighted by Gasteiger charge is -2.10. The number of amides is 1. The van der Waals surface area contributed by atoms with Crippen molar-refractivity contribution in [2.75, 3.05) is 23.8 Å². The molecule has 0 saturated carbocycles. The smallest absolute Gasteiger partial charge is 0.266 e. The number of rotatable bonds is 9. The average molecular weight is 485 g/mol. The van der Waals surface area contributed by atoms with E-state index < -0.39 is 15.9 Å². The van der Waals surface area contributed by atoms with Crippen LogP contribution in [0.4, 0.5) is 10.8 Å². The van der Waals surface area contributed by atoms with Crippen LogP contribution in [0.2, 0.25) is 0 Å². The van der Waals surface area contributed by atoms with Gasteiger partial charge in [-0.1, -0.05) is 6.07 Å². The highest BCUT2D eigenvalue weighted by Gasteiger charge is 2.16.